The third kappa shape index (κ3) is 3.51. The normalized spacial score (nSPS) is 19.2. The summed E-state index contributed by atoms with van der Waals surface area (Å²) < 4.78 is 31.1. The number of ether oxygens (including phenoxy) is 2. The molecule has 0 spiro atoms. The van der Waals surface area contributed by atoms with Gasteiger partial charge in [-0.1, -0.05) is 12.1 Å². The molecule has 1 amide bonds. The largest absolute Gasteiger partial charge is 0.504 e. The Bertz CT molecular complexity index is 1380. The summed E-state index contributed by atoms with van der Waals surface area (Å²) in [6, 6.07) is 5.93. The van der Waals surface area contributed by atoms with Gasteiger partial charge in [-0.3, -0.25) is 0 Å². The van der Waals surface area contributed by atoms with Crippen LogP contribution in [-0.4, -0.2) is 55.9 Å². The van der Waals surface area contributed by atoms with Crippen LogP contribution in [0.4, 0.5) is 4.39 Å². The van der Waals surface area contributed by atoms with Gasteiger partial charge in [0.2, 0.25) is 29.5 Å². The van der Waals surface area contributed by atoms with Gasteiger partial charge >= 0.3 is 11.9 Å². The summed E-state index contributed by atoms with van der Waals surface area (Å²) >= 11 is 0. The number of esters is 1. The highest BCUT2D eigenvalue weighted by atomic mass is 19.1. The second-order valence-corrected chi connectivity index (χ2v) is 7.61. The fraction of sp³-hybridized carbons (Fsp3) is 0.217. The van der Waals surface area contributed by atoms with Gasteiger partial charge in [-0.05, 0) is 31.0 Å². The van der Waals surface area contributed by atoms with Gasteiger partial charge in [0.25, 0.3) is 11.6 Å². The minimum Gasteiger partial charge on any atom is -0.504 e. The monoisotopic (exact) mass is 465 g/mol. The van der Waals surface area contributed by atoms with Crippen LogP contribution in [0.25, 0.3) is 5.76 Å². The first kappa shape index (κ1) is 21.4. The van der Waals surface area contributed by atoms with Gasteiger partial charge in [0.15, 0.2) is 11.5 Å². The molecule has 11 heteroatoms. The molecule has 0 bridgehead atoms. The van der Waals surface area contributed by atoms with Crippen molar-refractivity contribution >= 4 is 29.1 Å². The van der Waals surface area contributed by atoms with Crippen molar-refractivity contribution in [1.29, 1.82) is 0 Å². The molecule has 4 heterocycles. The molecule has 0 saturated heterocycles. The first-order valence-corrected chi connectivity index (χ1v) is 10.4. The number of hydrogen-bond acceptors (Lipinski definition) is 9. The van der Waals surface area contributed by atoms with Gasteiger partial charge in [0.05, 0.1) is 6.61 Å². The Kier molecular flexibility index (Phi) is 5.16. The van der Waals surface area contributed by atoms with Crippen molar-refractivity contribution in [2.75, 3.05) is 6.61 Å². The van der Waals surface area contributed by atoms with E-state index in [1.807, 2.05) is 0 Å². The molecule has 0 aliphatic carbocycles. The molecule has 0 saturated carbocycles. The Morgan fingerprint density at radius 1 is 1.26 bits per heavy atom. The average Bonchev–Trinajstić information content (AvgIpc) is 3.26. The molecule has 34 heavy (non-hydrogen) atoms. The molecule has 0 fully saturated rings. The number of rotatable bonds is 5. The summed E-state index contributed by atoms with van der Waals surface area (Å²) in [5.41, 5.74) is 1.10. The van der Waals surface area contributed by atoms with Crippen LogP contribution >= 0.6 is 0 Å². The average molecular weight is 465 g/mol. The smallest absolute Gasteiger partial charge is 0.436 e. The number of aliphatic imine (C=N–C) groups is 1. The maximum absolute atomic E-state index is 13.4. The molecule has 172 valence electrons. The molecule has 3 aliphatic rings. The van der Waals surface area contributed by atoms with Crippen molar-refractivity contribution in [3.63, 3.8) is 0 Å². The van der Waals surface area contributed by atoms with E-state index in [9.17, 15) is 19.1 Å². The van der Waals surface area contributed by atoms with E-state index < -0.39 is 29.3 Å². The number of benzene rings is 1. The summed E-state index contributed by atoms with van der Waals surface area (Å²) in [6.45, 7) is 3.21. The van der Waals surface area contributed by atoms with Gasteiger partial charge in [0, 0.05) is 18.7 Å². The Morgan fingerprint density at radius 3 is 2.71 bits per heavy atom. The van der Waals surface area contributed by atoms with Crippen molar-refractivity contribution in [2.24, 2.45) is 4.99 Å². The maximum Gasteiger partial charge on any atom is 0.436 e. The SMILES string of the molecule is CCOC(=O)C1=C(O)C2=NC=C(Cc3ccc(F)cc3)C3OC(c4nnc(C)o4)=C[N+](=C23)C1=O. The number of aliphatic hydroxyl groups is 1. The number of allylic oxidation sites excluding steroid dienone is 1. The van der Waals surface area contributed by atoms with Crippen molar-refractivity contribution in [3.05, 3.63) is 76.7 Å². The van der Waals surface area contributed by atoms with E-state index in [1.165, 1.54) is 29.1 Å². The van der Waals surface area contributed by atoms with Crippen LogP contribution in [0.5, 0.6) is 0 Å². The second-order valence-electron chi connectivity index (χ2n) is 7.61. The van der Waals surface area contributed by atoms with E-state index >= 15 is 0 Å². The lowest BCUT2D eigenvalue weighted by atomic mass is 9.89. The summed E-state index contributed by atoms with van der Waals surface area (Å²) in [5.74, 6) is -2.32. The molecular formula is C23H18FN4O6+. The quantitative estimate of drug-likeness (QED) is 0.404. The molecule has 1 N–H and O–H groups in total. The Balaban J connectivity index is 1.64. The van der Waals surface area contributed by atoms with Gasteiger partial charge in [0.1, 0.15) is 5.82 Å². The van der Waals surface area contributed by atoms with Crippen LogP contribution in [-0.2, 0) is 25.5 Å². The van der Waals surface area contributed by atoms with Crippen LogP contribution in [0, 0.1) is 12.7 Å². The van der Waals surface area contributed by atoms with Crippen molar-refractivity contribution in [1.82, 2.24) is 10.2 Å². The zero-order valence-electron chi connectivity index (χ0n) is 18.1. The first-order chi connectivity index (χ1) is 16.4. The predicted octanol–water partition coefficient (Wildman–Crippen LogP) is 2.16. The fourth-order valence-corrected chi connectivity index (χ4v) is 3.85. The molecule has 3 aliphatic heterocycles. The lowest BCUT2D eigenvalue weighted by molar-refractivity contribution is -0.382. The van der Waals surface area contributed by atoms with Crippen LogP contribution in [0.15, 0.2) is 63.0 Å². The van der Waals surface area contributed by atoms with Crippen molar-refractivity contribution in [2.45, 2.75) is 26.4 Å². The van der Waals surface area contributed by atoms with Crippen LogP contribution in [0.3, 0.4) is 0 Å². The summed E-state index contributed by atoms with van der Waals surface area (Å²) in [6.07, 6.45) is 2.24. The van der Waals surface area contributed by atoms with Gasteiger partial charge in [-0.2, -0.15) is 0 Å². The standard InChI is InChI=1S/C23H17FN4O6/c1-3-32-23(31)16-19(29)17-18-20(13(9-25-17)8-12-4-6-14(24)7-5-12)34-15(10-28(18)22(16)30)21-27-26-11(2)33-21/h4-7,9-10,20H,3,8H2,1-2H3/p+1. The third-order valence-corrected chi connectivity index (χ3v) is 5.37. The fourth-order valence-electron chi connectivity index (χ4n) is 3.85. The van der Waals surface area contributed by atoms with Crippen molar-refractivity contribution in [3.8, 4) is 0 Å². The number of amides is 1. The number of aliphatic hydroxyl groups excluding tert-OH is 1. The zero-order valence-corrected chi connectivity index (χ0v) is 18.1. The number of carbonyl (C=O) groups excluding carboxylic acids is 2. The highest BCUT2D eigenvalue weighted by Crippen LogP contribution is 2.33. The number of carbonyl (C=O) groups is 2. The minimum absolute atomic E-state index is 0.00696. The Hall–Kier alpha value is -4.41. The van der Waals surface area contributed by atoms with E-state index in [0.29, 0.717) is 12.0 Å². The zero-order chi connectivity index (χ0) is 24.0. The number of aryl methyl sites for hydroxylation is 1. The van der Waals surface area contributed by atoms with E-state index in [4.69, 9.17) is 13.9 Å². The Morgan fingerprint density at radius 2 is 2.03 bits per heavy atom. The summed E-state index contributed by atoms with van der Waals surface area (Å²) in [4.78, 5) is 30.1. The predicted molar refractivity (Wildman–Crippen MR) is 114 cm³/mol. The number of aromatic nitrogens is 2. The number of halogens is 1. The van der Waals surface area contributed by atoms with Gasteiger partial charge < -0.3 is 19.0 Å². The van der Waals surface area contributed by atoms with Gasteiger partial charge in [-0.15, -0.1) is 14.8 Å². The van der Waals surface area contributed by atoms with Gasteiger partial charge in [-0.25, -0.2) is 19.0 Å². The summed E-state index contributed by atoms with van der Waals surface area (Å²) in [5, 5.41) is 18.5. The molecule has 5 rings (SSSR count). The molecular weight excluding hydrogens is 447 g/mol. The lowest BCUT2D eigenvalue weighted by Crippen LogP contribution is -2.50. The van der Waals surface area contributed by atoms with Crippen LogP contribution in [0.2, 0.25) is 0 Å². The van der Waals surface area contributed by atoms with E-state index in [-0.39, 0.29) is 41.4 Å². The Labute approximate surface area is 192 Å². The molecule has 2 aromatic rings. The molecule has 1 unspecified atom stereocenters. The topological polar surface area (TPSA) is 127 Å². The molecule has 1 aromatic carbocycles. The highest BCUT2D eigenvalue weighted by molar-refractivity contribution is 6.52. The first-order valence-electron chi connectivity index (χ1n) is 10.4. The second kappa shape index (κ2) is 8.18. The molecule has 0 radical (unpaired) electrons. The maximum atomic E-state index is 13.4. The molecule has 10 nitrogen and oxygen atoms in total. The minimum atomic E-state index is -0.973. The lowest BCUT2D eigenvalue weighted by Gasteiger charge is -2.29. The number of nitrogens with zero attached hydrogens (tertiary/aromatic N) is 4. The van der Waals surface area contributed by atoms with E-state index in [1.54, 1.807) is 26.0 Å². The molecule has 1 aromatic heterocycles. The summed E-state index contributed by atoms with van der Waals surface area (Å²) in [7, 11) is 0. The number of hydrogen-bond donors (Lipinski definition) is 1. The van der Waals surface area contributed by atoms with E-state index in [2.05, 4.69) is 15.2 Å². The van der Waals surface area contributed by atoms with E-state index in [0.717, 1.165) is 5.56 Å². The van der Waals surface area contributed by atoms with Crippen LogP contribution in [0.1, 0.15) is 24.3 Å². The van der Waals surface area contributed by atoms with Crippen molar-refractivity contribution < 1.29 is 37.6 Å². The van der Waals surface area contributed by atoms with Crippen LogP contribution < -0.4 is 0 Å². The third-order valence-electron chi connectivity index (χ3n) is 5.37. The molecule has 1 atom stereocenters. The highest BCUT2D eigenvalue weighted by Gasteiger charge is 2.52.